The molecule has 0 aromatic heterocycles. The predicted octanol–water partition coefficient (Wildman–Crippen LogP) is 0.255. The molecule has 1 unspecified atom stereocenters. The second-order valence-electron chi connectivity index (χ2n) is 4.09. The number of benzene rings is 1. The van der Waals surface area contributed by atoms with E-state index in [-0.39, 0.29) is 4.90 Å². The predicted molar refractivity (Wildman–Crippen MR) is 71.7 cm³/mol. The number of halogens is 1. The van der Waals surface area contributed by atoms with Gasteiger partial charge in [0.05, 0.1) is 11.3 Å². The minimum Gasteiger partial charge on any atom is -0.480 e. The number of sulfonamides is 1. The van der Waals surface area contributed by atoms with Crippen LogP contribution >= 0.6 is 11.6 Å². The minimum atomic E-state index is -4.09. The number of hydrogen-bond donors (Lipinski definition) is 3. The van der Waals surface area contributed by atoms with Crippen molar-refractivity contribution in [3.05, 3.63) is 28.8 Å². The third-order valence-electron chi connectivity index (χ3n) is 2.43. The summed E-state index contributed by atoms with van der Waals surface area (Å²) < 4.78 is 26.1. The molecule has 1 aromatic rings. The number of aliphatic carboxylic acids is 1. The van der Waals surface area contributed by atoms with Crippen LogP contribution in [-0.2, 0) is 19.6 Å². The van der Waals surface area contributed by atoms with Crippen LogP contribution in [0.3, 0.4) is 0 Å². The summed E-state index contributed by atoms with van der Waals surface area (Å²) in [5.41, 5.74) is 5.24. The van der Waals surface area contributed by atoms with Crippen LogP contribution in [0.1, 0.15) is 12.0 Å². The van der Waals surface area contributed by atoms with Gasteiger partial charge in [-0.3, -0.25) is 9.59 Å². The zero-order valence-corrected chi connectivity index (χ0v) is 12.0. The first-order valence-corrected chi connectivity index (χ1v) is 7.29. The normalized spacial score (nSPS) is 12.9. The molecule has 110 valence electrons. The number of carbonyl (C=O) groups excluding carboxylic acids is 1. The van der Waals surface area contributed by atoms with E-state index >= 15 is 0 Å². The number of carbonyl (C=O) groups is 2. The average Bonchev–Trinajstić information content (AvgIpc) is 2.26. The second kappa shape index (κ2) is 6.21. The van der Waals surface area contributed by atoms with Crippen molar-refractivity contribution >= 4 is 33.5 Å². The fraction of sp³-hybridized carbons (Fsp3) is 0.273. The number of rotatable bonds is 6. The first-order valence-electron chi connectivity index (χ1n) is 5.43. The molecule has 9 heteroatoms. The molecule has 0 aliphatic heterocycles. The van der Waals surface area contributed by atoms with Crippen molar-refractivity contribution in [2.24, 2.45) is 5.73 Å². The van der Waals surface area contributed by atoms with Crippen molar-refractivity contribution in [3.8, 4) is 0 Å². The van der Waals surface area contributed by atoms with Gasteiger partial charge in [-0.05, 0) is 30.7 Å². The standard InChI is InChI=1S/C11H13ClN2O5S/c1-6-4-7(12)2-3-9(6)20(18,19)14-8(11(16)17)5-10(13)15/h2-4,8,14H,5H2,1H3,(H2,13,15)(H,16,17). The number of carboxylic acid groups (broad SMARTS) is 1. The zero-order valence-electron chi connectivity index (χ0n) is 10.5. The van der Waals surface area contributed by atoms with Crippen LogP contribution in [0, 0.1) is 6.92 Å². The van der Waals surface area contributed by atoms with Gasteiger partial charge in [-0.25, -0.2) is 8.42 Å². The summed E-state index contributed by atoms with van der Waals surface area (Å²) in [7, 11) is -4.09. The van der Waals surface area contributed by atoms with Gasteiger partial charge >= 0.3 is 5.97 Å². The lowest BCUT2D eigenvalue weighted by atomic mass is 10.2. The van der Waals surface area contributed by atoms with Crippen LogP contribution in [0.15, 0.2) is 23.1 Å². The molecule has 0 saturated carbocycles. The van der Waals surface area contributed by atoms with E-state index in [9.17, 15) is 18.0 Å². The monoisotopic (exact) mass is 320 g/mol. The number of nitrogens with two attached hydrogens (primary N) is 1. The van der Waals surface area contributed by atoms with E-state index in [1.54, 1.807) is 0 Å². The molecule has 0 fully saturated rings. The van der Waals surface area contributed by atoms with E-state index in [0.29, 0.717) is 10.6 Å². The topological polar surface area (TPSA) is 127 Å². The molecule has 0 radical (unpaired) electrons. The zero-order chi connectivity index (χ0) is 15.5. The van der Waals surface area contributed by atoms with Crippen molar-refractivity contribution in [2.45, 2.75) is 24.3 Å². The summed E-state index contributed by atoms with van der Waals surface area (Å²) in [4.78, 5) is 21.6. The highest BCUT2D eigenvalue weighted by Gasteiger charge is 2.27. The molecule has 0 saturated heterocycles. The summed E-state index contributed by atoms with van der Waals surface area (Å²) in [5.74, 6) is -2.41. The Hall–Kier alpha value is -1.64. The average molecular weight is 321 g/mol. The molecule has 1 atom stereocenters. The fourth-order valence-electron chi connectivity index (χ4n) is 1.55. The molecule has 4 N–H and O–H groups in total. The summed E-state index contributed by atoms with van der Waals surface area (Å²) in [5, 5.41) is 9.24. The van der Waals surface area contributed by atoms with Gasteiger partial charge in [0.1, 0.15) is 6.04 Å². The summed E-state index contributed by atoms with van der Waals surface area (Å²) in [6.07, 6.45) is -0.638. The summed E-state index contributed by atoms with van der Waals surface area (Å²) in [6.45, 7) is 1.52. The Labute approximate surface area is 120 Å². The molecule has 0 heterocycles. The highest BCUT2D eigenvalue weighted by molar-refractivity contribution is 7.89. The maximum absolute atomic E-state index is 12.1. The Morgan fingerprint density at radius 3 is 2.50 bits per heavy atom. The van der Waals surface area contributed by atoms with Gasteiger partial charge in [0.25, 0.3) is 0 Å². The number of aryl methyl sites for hydroxylation is 1. The van der Waals surface area contributed by atoms with Crippen LogP contribution in [0.5, 0.6) is 0 Å². The van der Waals surface area contributed by atoms with Gasteiger partial charge in [-0.15, -0.1) is 0 Å². The van der Waals surface area contributed by atoms with Crippen molar-refractivity contribution in [3.63, 3.8) is 0 Å². The molecule has 1 amide bonds. The van der Waals surface area contributed by atoms with Crippen molar-refractivity contribution in [1.29, 1.82) is 0 Å². The number of primary amides is 1. The Bertz CT molecular complexity index is 644. The lowest BCUT2D eigenvalue weighted by Crippen LogP contribution is -2.43. The molecule has 1 rings (SSSR count). The molecule has 0 aliphatic rings. The SMILES string of the molecule is Cc1cc(Cl)ccc1S(=O)(=O)NC(CC(N)=O)C(=O)O. The quantitative estimate of drug-likeness (QED) is 0.692. The van der Waals surface area contributed by atoms with Crippen LogP contribution in [-0.4, -0.2) is 31.4 Å². The first kappa shape index (κ1) is 16.4. The molecule has 0 aliphatic carbocycles. The number of carboxylic acids is 1. The van der Waals surface area contributed by atoms with E-state index in [2.05, 4.69) is 0 Å². The minimum absolute atomic E-state index is 0.113. The van der Waals surface area contributed by atoms with E-state index in [1.165, 1.54) is 25.1 Å². The van der Waals surface area contributed by atoms with E-state index in [0.717, 1.165) is 0 Å². The Balaban J connectivity index is 3.09. The molecule has 7 nitrogen and oxygen atoms in total. The van der Waals surface area contributed by atoms with Gasteiger partial charge < -0.3 is 10.8 Å². The van der Waals surface area contributed by atoms with Gasteiger partial charge in [-0.2, -0.15) is 4.72 Å². The van der Waals surface area contributed by atoms with E-state index in [1.807, 2.05) is 4.72 Å². The number of hydrogen-bond acceptors (Lipinski definition) is 4. The largest absolute Gasteiger partial charge is 0.480 e. The molecular formula is C11H13ClN2O5S. The lowest BCUT2D eigenvalue weighted by molar-refractivity contribution is -0.140. The fourth-order valence-corrected chi connectivity index (χ4v) is 3.19. The number of nitrogens with one attached hydrogen (secondary N) is 1. The molecule has 20 heavy (non-hydrogen) atoms. The van der Waals surface area contributed by atoms with Gasteiger partial charge in [0.2, 0.25) is 15.9 Å². The van der Waals surface area contributed by atoms with E-state index in [4.69, 9.17) is 22.4 Å². The molecule has 0 bridgehead atoms. The van der Waals surface area contributed by atoms with Crippen molar-refractivity contribution < 1.29 is 23.1 Å². The maximum atomic E-state index is 12.1. The van der Waals surface area contributed by atoms with Crippen LogP contribution in [0.25, 0.3) is 0 Å². The molecule has 0 spiro atoms. The molecule has 1 aromatic carbocycles. The Morgan fingerprint density at radius 1 is 1.45 bits per heavy atom. The van der Waals surface area contributed by atoms with Gasteiger partial charge in [0, 0.05) is 5.02 Å². The maximum Gasteiger partial charge on any atom is 0.322 e. The van der Waals surface area contributed by atoms with Crippen molar-refractivity contribution in [1.82, 2.24) is 4.72 Å². The van der Waals surface area contributed by atoms with Crippen LogP contribution in [0.4, 0.5) is 0 Å². The third-order valence-corrected chi connectivity index (χ3v) is 4.29. The number of amides is 1. The third kappa shape index (κ3) is 4.19. The Kier molecular flexibility index (Phi) is 5.09. The highest BCUT2D eigenvalue weighted by atomic mass is 35.5. The molecular weight excluding hydrogens is 308 g/mol. The smallest absolute Gasteiger partial charge is 0.322 e. The highest BCUT2D eigenvalue weighted by Crippen LogP contribution is 2.20. The summed E-state index contributed by atoms with van der Waals surface area (Å²) in [6, 6.07) is 2.43. The van der Waals surface area contributed by atoms with Gasteiger partial charge in [-0.1, -0.05) is 11.6 Å². The summed E-state index contributed by atoms with van der Waals surface area (Å²) >= 11 is 5.72. The van der Waals surface area contributed by atoms with Crippen LogP contribution in [0.2, 0.25) is 5.02 Å². The van der Waals surface area contributed by atoms with Gasteiger partial charge in [0.15, 0.2) is 0 Å². The Morgan fingerprint density at radius 2 is 2.05 bits per heavy atom. The van der Waals surface area contributed by atoms with Crippen molar-refractivity contribution in [2.75, 3.05) is 0 Å². The first-order chi connectivity index (χ1) is 9.13. The van der Waals surface area contributed by atoms with Crippen LogP contribution < -0.4 is 10.5 Å². The van der Waals surface area contributed by atoms with E-state index < -0.39 is 34.4 Å². The second-order valence-corrected chi connectivity index (χ2v) is 6.21. The lowest BCUT2D eigenvalue weighted by Gasteiger charge is -2.14.